The van der Waals surface area contributed by atoms with Gasteiger partial charge in [0.05, 0.1) is 0 Å². The highest BCUT2D eigenvalue weighted by Crippen LogP contribution is 2.18. The SMILES string of the molecule is CCc1cccc(N(C)C(C)CC)c1. The summed E-state index contributed by atoms with van der Waals surface area (Å²) >= 11 is 0. The molecule has 0 aliphatic carbocycles. The summed E-state index contributed by atoms with van der Waals surface area (Å²) in [6.45, 7) is 6.69. The molecule has 1 heteroatoms. The van der Waals surface area contributed by atoms with Crippen LogP contribution in [0.2, 0.25) is 0 Å². The predicted octanol–water partition coefficient (Wildman–Crippen LogP) is 3.48. The second-order valence-electron chi connectivity index (χ2n) is 3.89. The Kier molecular flexibility index (Phi) is 3.99. The topological polar surface area (TPSA) is 3.24 Å². The van der Waals surface area contributed by atoms with Crippen LogP contribution in [0.25, 0.3) is 0 Å². The lowest BCUT2D eigenvalue weighted by Gasteiger charge is -2.26. The molecule has 0 radical (unpaired) electrons. The average Bonchev–Trinajstić information content (AvgIpc) is 2.27. The Labute approximate surface area is 87.7 Å². The second kappa shape index (κ2) is 5.04. The maximum absolute atomic E-state index is 2.35. The minimum Gasteiger partial charge on any atom is -0.372 e. The van der Waals surface area contributed by atoms with Crippen molar-refractivity contribution < 1.29 is 0 Å². The normalized spacial score (nSPS) is 12.6. The van der Waals surface area contributed by atoms with E-state index >= 15 is 0 Å². The molecule has 0 bridgehead atoms. The third-order valence-corrected chi connectivity index (χ3v) is 2.98. The third-order valence-electron chi connectivity index (χ3n) is 2.98. The van der Waals surface area contributed by atoms with Crippen LogP contribution in [0.15, 0.2) is 24.3 Å². The number of aryl methyl sites for hydroxylation is 1. The molecule has 0 aliphatic heterocycles. The van der Waals surface area contributed by atoms with Crippen molar-refractivity contribution in [3.8, 4) is 0 Å². The van der Waals surface area contributed by atoms with Gasteiger partial charge < -0.3 is 4.90 Å². The second-order valence-corrected chi connectivity index (χ2v) is 3.89. The summed E-state index contributed by atoms with van der Waals surface area (Å²) in [6.07, 6.45) is 2.30. The number of anilines is 1. The first-order valence-electron chi connectivity index (χ1n) is 5.50. The third kappa shape index (κ3) is 2.50. The van der Waals surface area contributed by atoms with Gasteiger partial charge in [0.15, 0.2) is 0 Å². The summed E-state index contributed by atoms with van der Waals surface area (Å²) in [7, 11) is 2.17. The quantitative estimate of drug-likeness (QED) is 0.704. The van der Waals surface area contributed by atoms with Crippen molar-refractivity contribution in [2.75, 3.05) is 11.9 Å². The fourth-order valence-corrected chi connectivity index (χ4v) is 1.52. The summed E-state index contributed by atoms with van der Waals surface area (Å²) in [5.74, 6) is 0. The summed E-state index contributed by atoms with van der Waals surface area (Å²) in [5.41, 5.74) is 2.75. The molecule has 1 nitrogen and oxygen atoms in total. The largest absolute Gasteiger partial charge is 0.372 e. The monoisotopic (exact) mass is 191 g/mol. The molecule has 1 aromatic rings. The highest BCUT2D eigenvalue weighted by molar-refractivity contribution is 5.48. The first-order chi connectivity index (χ1) is 6.69. The summed E-state index contributed by atoms with van der Waals surface area (Å²) in [5, 5.41) is 0. The molecule has 1 atom stereocenters. The molecule has 0 saturated carbocycles. The highest BCUT2D eigenvalue weighted by atomic mass is 15.1. The van der Waals surface area contributed by atoms with E-state index < -0.39 is 0 Å². The van der Waals surface area contributed by atoms with Crippen LogP contribution in [-0.4, -0.2) is 13.1 Å². The minimum atomic E-state index is 0.613. The number of benzene rings is 1. The Hall–Kier alpha value is -0.980. The molecule has 1 rings (SSSR count). The van der Waals surface area contributed by atoms with Crippen molar-refractivity contribution in [2.24, 2.45) is 0 Å². The Bertz CT molecular complexity index is 280. The van der Waals surface area contributed by atoms with Crippen LogP contribution in [0.5, 0.6) is 0 Å². The van der Waals surface area contributed by atoms with Gasteiger partial charge in [0, 0.05) is 18.8 Å². The molecule has 0 saturated heterocycles. The fraction of sp³-hybridized carbons (Fsp3) is 0.538. The Balaban J connectivity index is 2.83. The lowest BCUT2D eigenvalue weighted by molar-refractivity contribution is 0.663. The van der Waals surface area contributed by atoms with Crippen LogP contribution >= 0.6 is 0 Å². The van der Waals surface area contributed by atoms with Gasteiger partial charge in [0.25, 0.3) is 0 Å². The fourth-order valence-electron chi connectivity index (χ4n) is 1.52. The van der Waals surface area contributed by atoms with Crippen molar-refractivity contribution in [2.45, 2.75) is 39.7 Å². The van der Waals surface area contributed by atoms with Gasteiger partial charge in [0.2, 0.25) is 0 Å². The van der Waals surface area contributed by atoms with Gasteiger partial charge in [-0.1, -0.05) is 26.0 Å². The molecular formula is C13H21N. The van der Waals surface area contributed by atoms with Gasteiger partial charge in [-0.25, -0.2) is 0 Å². The van der Waals surface area contributed by atoms with Crippen LogP contribution in [0, 0.1) is 0 Å². The molecule has 1 aromatic carbocycles. The van der Waals surface area contributed by atoms with Crippen LogP contribution in [0.3, 0.4) is 0 Å². The zero-order chi connectivity index (χ0) is 10.6. The van der Waals surface area contributed by atoms with Gasteiger partial charge in [-0.2, -0.15) is 0 Å². The number of hydrogen-bond donors (Lipinski definition) is 0. The molecule has 0 heterocycles. The molecule has 78 valence electrons. The standard InChI is InChI=1S/C13H21N/c1-5-11(3)14(4)13-9-7-8-12(6-2)10-13/h7-11H,5-6H2,1-4H3. The lowest BCUT2D eigenvalue weighted by atomic mass is 10.1. The average molecular weight is 191 g/mol. The first kappa shape index (κ1) is 11.1. The van der Waals surface area contributed by atoms with E-state index in [1.54, 1.807) is 0 Å². The van der Waals surface area contributed by atoms with E-state index in [4.69, 9.17) is 0 Å². The highest BCUT2D eigenvalue weighted by Gasteiger charge is 2.07. The summed E-state index contributed by atoms with van der Waals surface area (Å²) in [4.78, 5) is 2.35. The van der Waals surface area contributed by atoms with Crippen LogP contribution in [-0.2, 0) is 6.42 Å². The maximum Gasteiger partial charge on any atom is 0.0368 e. The minimum absolute atomic E-state index is 0.613. The van der Waals surface area contributed by atoms with Crippen molar-refractivity contribution in [3.63, 3.8) is 0 Å². The first-order valence-corrected chi connectivity index (χ1v) is 5.50. The number of rotatable bonds is 4. The van der Waals surface area contributed by atoms with E-state index in [2.05, 4.69) is 57.0 Å². The van der Waals surface area contributed by atoms with Gasteiger partial charge in [-0.3, -0.25) is 0 Å². The number of hydrogen-bond acceptors (Lipinski definition) is 1. The van der Waals surface area contributed by atoms with Crippen LogP contribution < -0.4 is 4.90 Å². The van der Waals surface area contributed by atoms with E-state index in [0.29, 0.717) is 6.04 Å². The van der Waals surface area contributed by atoms with Crippen molar-refractivity contribution >= 4 is 5.69 Å². The molecule has 0 N–H and O–H groups in total. The zero-order valence-corrected chi connectivity index (χ0v) is 9.75. The van der Waals surface area contributed by atoms with E-state index in [1.807, 2.05) is 0 Å². The lowest BCUT2D eigenvalue weighted by Crippen LogP contribution is -2.27. The van der Waals surface area contributed by atoms with Gasteiger partial charge in [-0.05, 0) is 37.5 Å². The van der Waals surface area contributed by atoms with Gasteiger partial charge in [-0.15, -0.1) is 0 Å². The van der Waals surface area contributed by atoms with Gasteiger partial charge in [0.1, 0.15) is 0 Å². The molecule has 0 aromatic heterocycles. The van der Waals surface area contributed by atoms with E-state index in [1.165, 1.54) is 17.7 Å². The molecule has 0 amide bonds. The van der Waals surface area contributed by atoms with E-state index in [-0.39, 0.29) is 0 Å². The summed E-state index contributed by atoms with van der Waals surface area (Å²) in [6, 6.07) is 9.42. The summed E-state index contributed by atoms with van der Waals surface area (Å²) < 4.78 is 0. The van der Waals surface area contributed by atoms with Gasteiger partial charge >= 0.3 is 0 Å². The molecular weight excluding hydrogens is 170 g/mol. The predicted molar refractivity (Wildman–Crippen MR) is 64.0 cm³/mol. The van der Waals surface area contributed by atoms with Crippen LogP contribution in [0.1, 0.15) is 32.8 Å². The zero-order valence-electron chi connectivity index (χ0n) is 9.75. The molecule has 14 heavy (non-hydrogen) atoms. The smallest absolute Gasteiger partial charge is 0.0368 e. The molecule has 1 unspecified atom stereocenters. The van der Waals surface area contributed by atoms with Crippen molar-refractivity contribution in [1.82, 2.24) is 0 Å². The van der Waals surface area contributed by atoms with Crippen molar-refractivity contribution in [1.29, 1.82) is 0 Å². The Morgan fingerprint density at radius 1 is 1.29 bits per heavy atom. The maximum atomic E-state index is 2.35. The Morgan fingerprint density at radius 3 is 2.57 bits per heavy atom. The van der Waals surface area contributed by atoms with E-state index in [0.717, 1.165) is 6.42 Å². The van der Waals surface area contributed by atoms with Crippen molar-refractivity contribution in [3.05, 3.63) is 29.8 Å². The molecule has 0 fully saturated rings. The van der Waals surface area contributed by atoms with Crippen LogP contribution in [0.4, 0.5) is 5.69 Å². The molecule has 0 aliphatic rings. The molecule has 0 spiro atoms. The number of nitrogens with zero attached hydrogens (tertiary/aromatic N) is 1. The van der Waals surface area contributed by atoms with E-state index in [9.17, 15) is 0 Å². The Morgan fingerprint density at radius 2 is 2.00 bits per heavy atom.